The number of hydrogen-bond donors (Lipinski definition) is 1. The third kappa shape index (κ3) is 5.53. The first-order valence-electron chi connectivity index (χ1n) is 11.6. The zero-order valence-corrected chi connectivity index (χ0v) is 22.2. The summed E-state index contributed by atoms with van der Waals surface area (Å²) < 4.78 is 87.3. The topological polar surface area (TPSA) is 77.4 Å². The van der Waals surface area contributed by atoms with Gasteiger partial charge in [0.1, 0.15) is 11.6 Å². The van der Waals surface area contributed by atoms with Crippen molar-refractivity contribution in [3.63, 3.8) is 0 Å². The minimum Gasteiger partial charge on any atom is -0.496 e. The minimum atomic E-state index is -4.79. The number of anilines is 1. The lowest BCUT2D eigenvalue weighted by molar-refractivity contribution is -0.137. The van der Waals surface area contributed by atoms with E-state index in [0.717, 1.165) is 18.4 Å². The lowest BCUT2D eigenvalue weighted by atomic mass is 9.99. The van der Waals surface area contributed by atoms with Crippen LogP contribution in [0.15, 0.2) is 71.6 Å². The van der Waals surface area contributed by atoms with Crippen LogP contribution in [0.25, 0.3) is 16.8 Å². The maximum Gasteiger partial charge on any atom is 0.418 e. The van der Waals surface area contributed by atoms with Crippen LogP contribution in [-0.2, 0) is 16.0 Å². The summed E-state index contributed by atoms with van der Waals surface area (Å²) in [5, 5.41) is 2.64. The van der Waals surface area contributed by atoms with Crippen LogP contribution in [0.5, 0.6) is 5.75 Å². The molecule has 1 heterocycles. The second-order valence-corrected chi connectivity index (χ2v) is 10.9. The first-order chi connectivity index (χ1) is 18.2. The van der Waals surface area contributed by atoms with E-state index in [1.807, 2.05) is 0 Å². The van der Waals surface area contributed by atoms with Crippen LogP contribution in [0, 0.1) is 19.7 Å². The van der Waals surface area contributed by atoms with Crippen molar-refractivity contribution in [2.45, 2.75) is 24.9 Å². The molecular formula is C28H24F4N2O4S. The maximum atomic E-state index is 14.6. The Morgan fingerprint density at radius 1 is 0.974 bits per heavy atom. The molecule has 0 atom stereocenters. The van der Waals surface area contributed by atoms with Crippen LogP contribution < -0.4 is 10.1 Å². The number of carbonyl (C=O) groups excluding carboxylic acids is 1. The highest BCUT2D eigenvalue weighted by Crippen LogP contribution is 2.40. The Bertz CT molecular complexity index is 1680. The summed E-state index contributed by atoms with van der Waals surface area (Å²) in [4.78, 5) is 13.1. The zero-order chi connectivity index (χ0) is 28.7. The van der Waals surface area contributed by atoms with E-state index in [0.29, 0.717) is 11.4 Å². The fraction of sp³-hybridized carbons (Fsp3) is 0.179. The number of benzene rings is 3. The molecule has 1 N–H and O–H groups in total. The normalized spacial score (nSPS) is 11.9. The molecule has 0 aliphatic heterocycles. The molecule has 0 spiro atoms. The minimum absolute atomic E-state index is 0.0148. The van der Waals surface area contributed by atoms with Gasteiger partial charge in [0, 0.05) is 23.3 Å². The van der Waals surface area contributed by atoms with Gasteiger partial charge in [0.25, 0.3) is 5.91 Å². The summed E-state index contributed by atoms with van der Waals surface area (Å²) in [6, 6.07) is 14.4. The van der Waals surface area contributed by atoms with Crippen LogP contribution in [-0.4, -0.2) is 32.3 Å². The highest BCUT2D eigenvalue weighted by Gasteiger charge is 2.36. The van der Waals surface area contributed by atoms with Gasteiger partial charge in [0.05, 0.1) is 34.4 Å². The molecule has 11 heteroatoms. The summed E-state index contributed by atoms with van der Waals surface area (Å²) in [5.41, 5.74) is -0.294. The molecule has 3 aromatic carbocycles. The van der Waals surface area contributed by atoms with Crippen LogP contribution >= 0.6 is 0 Å². The standard InChI is InChI=1S/C28H24F4N2O4S/c1-16-14-21(27(35)33-19-9-11-20(12-10-19)39(4,36)37)17(2)34(16)24-13-8-18(15-22(24)28(30,31)32)26-23(29)6-5-7-25(26)38-3/h5-15H,1-4H3,(H,33,35). The van der Waals surface area contributed by atoms with Crippen LogP contribution in [0.3, 0.4) is 0 Å². The van der Waals surface area contributed by atoms with Crippen molar-refractivity contribution in [2.24, 2.45) is 0 Å². The summed E-state index contributed by atoms with van der Waals surface area (Å²) in [6.07, 6.45) is -3.74. The van der Waals surface area contributed by atoms with Gasteiger partial charge < -0.3 is 14.6 Å². The summed E-state index contributed by atoms with van der Waals surface area (Å²) in [7, 11) is -2.12. The summed E-state index contributed by atoms with van der Waals surface area (Å²) in [6.45, 7) is 3.08. The fourth-order valence-electron chi connectivity index (χ4n) is 4.42. The van der Waals surface area contributed by atoms with Crippen molar-refractivity contribution in [2.75, 3.05) is 18.7 Å². The van der Waals surface area contributed by atoms with E-state index in [2.05, 4.69) is 5.32 Å². The molecular weight excluding hydrogens is 536 g/mol. The Morgan fingerprint density at radius 2 is 1.64 bits per heavy atom. The lowest BCUT2D eigenvalue weighted by Crippen LogP contribution is -2.15. The van der Waals surface area contributed by atoms with Crippen molar-refractivity contribution < 1.29 is 35.5 Å². The van der Waals surface area contributed by atoms with Gasteiger partial charge in [-0.2, -0.15) is 13.2 Å². The molecule has 6 nitrogen and oxygen atoms in total. The number of aryl methyl sites for hydroxylation is 1. The highest BCUT2D eigenvalue weighted by molar-refractivity contribution is 7.90. The van der Waals surface area contributed by atoms with Crippen LogP contribution in [0.1, 0.15) is 27.3 Å². The molecule has 0 aliphatic rings. The van der Waals surface area contributed by atoms with E-state index in [1.54, 1.807) is 6.92 Å². The van der Waals surface area contributed by atoms with Crippen molar-refractivity contribution in [1.29, 1.82) is 0 Å². The molecule has 0 bridgehead atoms. The Kier molecular flexibility index (Phi) is 7.31. The Morgan fingerprint density at radius 3 is 2.23 bits per heavy atom. The van der Waals surface area contributed by atoms with Crippen molar-refractivity contribution in [3.05, 3.63) is 95.1 Å². The Hall–Kier alpha value is -4.12. The molecule has 0 aliphatic carbocycles. The van der Waals surface area contributed by atoms with Gasteiger partial charge in [-0.1, -0.05) is 12.1 Å². The molecule has 0 unspecified atom stereocenters. The number of amides is 1. The fourth-order valence-corrected chi connectivity index (χ4v) is 5.05. The molecule has 0 fully saturated rings. The van der Waals surface area contributed by atoms with E-state index in [4.69, 9.17) is 4.74 Å². The molecule has 4 aromatic rings. The molecule has 0 saturated carbocycles. The monoisotopic (exact) mass is 560 g/mol. The van der Waals surface area contributed by atoms with Crippen LogP contribution in [0.4, 0.5) is 23.2 Å². The number of hydrogen-bond acceptors (Lipinski definition) is 4. The quantitative estimate of drug-likeness (QED) is 0.270. The number of aromatic nitrogens is 1. The second kappa shape index (κ2) is 10.2. The van der Waals surface area contributed by atoms with Crippen molar-refractivity contribution in [1.82, 2.24) is 4.57 Å². The predicted molar refractivity (Wildman–Crippen MR) is 140 cm³/mol. The number of sulfone groups is 1. The lowest BCUT2D eigenvalue weighted by Gasteiger charge is -2.19. The number of carbonyl (C=O) groups is 1. The van der Waals surface area contributed by atoms with E-state index >= 15 is 0 Å². The second-order valence-electron chi connectivity index (χ2n) is 8.92. The highest BCUT2D eigenvalue weighted by atomic mass is 32.2. The SMILES string of the molecule is COc1cccc(F)c1-c1ccc(-n2c(C)cc(C(=O)Nc3ccc(S(C)(=O)=O)cc3)c2C)c(C(F)(F)F)c1. The number of nitrogens with zero attached hydrogens (tertiary/aromatic N) is 1. The van der Waals surface area contributed by atoms with Gasteiger partial charge in [-0.25, -0.2) is 12.8 Å². The first-order valence-corrected chi connectivity index (χ1v) is 13.5. The van der Waals surface area contributed by atoms with Gasteiger partial charge >= 0.3 is 6.18 Å². The number of methoxy groups -OCH3 is 1. The van der Waals surface area contributed by atoms with E-state index in [1.165, 1.54) is 73.2 Å². The van der Waals surface area contributed by atoms with Gasteiger partial charge in [0.2, 0.25) is 0 Å². The van der Waals surface area contributed by atoms with Gasteiger partial charge in [-0.3, -0.25) is 4.79 Å². The molecule has 1 aromatic heterocycles. The smallest absolute Gasteiger partial charge is 0.418 e. The zero-order valence-electron chi connectivity index (χ0n) is 21.4. The molecule has 4 rings (SSSR count). The molecule has 39 heavy (non-hydrogen) atoms. The first kappa shape index (κ1) is 27.9. The van der Waals surface area contributed by atoms with Gasteiger partial charge in [-0.05, 0) is 74.0 Å². The molecule has 1 amide bonds. The molecule has 0 radical (unpaired) electrons. The Labute approximate surface area is 222 Å². The number of nitrogens with one attached hydrogen (secondary N) is 1. The largest absolute Gasteiger partial charge is 0.496 e. The Balaban J connectivity index is 1.76. The summed E-state index contributed by atoms with van der Waals surface area (Å²) in [5.74, 6) is -1.22. The van der Waals surface area contributed by atoms with Crippen molar-refractivity contribution in [3.8, 4) is 22.6 Å². The van der Waals surface area contributed by atoms with Gasteiger partial charge in [0.15, 0.2) is 9.84 Å². The van der Waals surface area contributed by atoms with Crippen LogP contribution in [0.2, 0.25) is 0 Å². The average molecular weight is 561 g/mol. The number of rotatable bonds is 6. The number of ether oxygens (including phenoxy) is 1. The summed E-state index contributed by atoms with van der Waals surface area (Å²) >= 11 is 0. The van der Waals surface area contributed by atoms with E-state index in [-0.39, 0.29) is 38.7 Å². The van der Waals surface area contributed by atoms with E-state index < -0.39 is 33.3 Å². The van der Waals surface area contributed by atoms with E-state index in [9.17, 15) is 30.8 Å². The average Bonchev–Trinajstić information content (AvgIpc) is 3.16. The maximum absolute atomic E-state index is 14.6. The number of alkyl halides is 3. The molecule has 204 valence electrons. The third-order valence-corrected chi connectivity index (χ3v) is 7.37. The molecule has 0 saturated heterocycles. The van der Waals surface area contributed by atoms with Gasteiger partial charge in [-0.15, -0.1) is 0 Å². The third-order valence-electron chi connectivity index (χ3n) is 6.24. The predicted octanol–water partition coefficient (Wildman–Crippen LogP) is 6.58. The number of halogens is 4. The van der Waals surface area contributed by atoms with Crippen molar-refractivity contribution >= 4 is 21.4 Å².